The van der Waals surface area contributed by atoms with Crippen LogP contribution < -0.4 is 0 Å². The zero-order valence-corrected chi connectivity index (χ0v) is 8.34. The Labute approximate surface area is 76.1 Å². The van der Waals surface area contributed by atoms with E-state index in [9.17, 15) is 0 Å². The highest BCUT2D eigenvalue weighted by Gasteiger charge is 2.53. The van der Waals surface area contributed by atoms with Crippen LogP contribution in [0.15, 0.2) is 12.7 Å². The lowest BCUT2D eigenvalue weighted by molar-refractivity contribution is 0.206. The van der Waals surface area contributed by atoms with Crippen molar-refractivity contribution in [2.75, 3.05) is 0 Å². The van der Waals surface area contributed by atoms with E-state index in [0.29, 0.717) is 5.41 Å². The first-order valence-electron chi connectivity index (χ1n) is 5.32. The molecule has 0 heterocycles. The van der Waals surface area contributed by atoms with Crippen LogP contribution in [0.4, 0.5) is 0 Å². The number of fused-ring (bicyclic) bond motifs is 1. The van der Waals surface area contributed by atoms with Crippen LogP contribution in [0.2, 0.25) is 0 Å². The third kappa shape index (κ3) is 1.12. The molecule has 0 N–H and O–H groups in total. The monoisotopic (exact) mass is 164 g/mol. The van der Waals surface area contributed by atoms with E-state index in [1.165, 1.54) is 25.7 Å². The fourth-order valence-electron chi connectivity index (χ4n) is 3.34. The zero-order valence-electron chi connectivity index (χ0n) is 8.34. The summed E-state index contributed by atoms with van der Waals surface area (Å²) in [5.41, 5.74) is 0.615. The summed E-state index contributed by atoms with van der Waals surface area (Å²) < 4.78 is 0. The fraction of sp³-hybridized carbons (Fsp3) is 0.833. The minimum Gasteiger partial charge on any atom is -0.103 e. The minimum absolute atomic E-state index is 0.615. The molecule has 68 valence electrons. The van der Waals surface area contributed by atoms with E-state index in [-0.39, 0.29) is 0 Å². The van der Waals surface area contributed by atoms with E-state index in [4.69, 9.17) is 0 Å². The molecule has 2 aliphatic carbocycles. The molecule has 0 heteroatoms. The maximum Gasteiger partial charge on any atom is -0.0185 e. The number of hydrogen-bond donors (Lipinski definition) is 0. The summed E-state index contributed by atoms with van der Waals surface area (Å²) >= 11 is 0. The van der Waals surface area contributed by atoms with Gasteiger partial charge in [-0.3, -0.25) is 0 Å². The Hall–Kier alpha value is -0.260. The Morgan fingerprint density at radius 2 is 2.08 bits per heavy atom. The molecule has 12 heavy (non-hydrogen) atoms. The van der Waals surface area contributed by atoms with E-state index in [0.717, 1.165) is 17.8 Å². The lowest BCUT2D eigenvalue weighted by Gasteiger charge is -2.33. The molecule has 2 aliphatic rings. The maximum absolute atomic E-state index is 3.96. The van der Waals surface area contributed by atoms with Crippen molar-refractivity contribution >= 4 is 0 Å². The Kier molecular flexibility index (Phi) is 1.82. The summed E-state index contributed by atoms with van der Waals surface area (Å²) in [5.74, 6) is 2.97. The molecule has 0 aliphatic heterocycles. The third-order valence-corrected chi connectivity index (χ3v) is 4.15. The van der Waals surface area contributed by atoms with Crippen molar-refractivity contribution in [1.82, 2.24) is 0 Å². The average molecular weight is 164 g/mol. The van der Waals surface area contributed by atoms with Crippen LogP contribution in [0.3, 0.4) is 0 Å². The highest BCUT2D eigenvalue weighted by molar-refractivity contribution is 5.06. The van der Waals surface area contributed by atoms with Gasteiger partial charge in [-0.1, -0.05) is 19.9 Å². The molecule has 0 radical (unpaired) electrons. The predicted octanol–water partition coefficient (Wildman–Crippen LogP) is 3.63. The summed E-state index contributed by atoms with van der Waals surface area (Å²) in [4.78, 5) is 0. The number of allylic oxidation sites excluding steroid dienone is 1. The molecule has 3 unspecified atom stereocenters. The quantitative estimate of drug-likeness (QED) is 0.559. The van der Waals surface area contributed by atoms with Crippen LogP contribution in [0, 0.1) is 23.2 Å². The second kappa shape index (κ2) is 2.61. The van der Waals surface area contributed by atoms with Crippen LogP contribution in [0.25, 0.3) is 0 Å². The van der Waals surface area contributed by atoms with Crippen LogP contribution in [0.1, 0.15) is 39.5 Å². The minimum atomic E-state index is 0.615. The van der Waals surface area contributed by atoms with Crippen LogP contribution in [0.5, 0.6) is 0 Å². The highest BCUT2D eigenvalue weighted by atomic mass is 14.6. The highest BCUT2D eigenvalue weighted by Crippen LogP contribution is 2.62. The van der Waals surface area contributed by atoms with Crippen molar-refractivity contribution in [1.29, 1.82) is 0 Å². The van der Waals surface area contributed by atoms with Crippen LogP contribution in [-0.4, -0.2) is 0 Å². The van der Waals surface area contributed by atoms with Gasteiger partial charge in [0.15, 0.2) is 0 Å². The SMILES string of the molecule is C=CC(CC)C1(C)CC2CC2C1. The van der Waals surface area contributed by atoms with Gasteiger partial charge in [-0.05, 0) is 48.9 Å². The van der Waals surface area contributed by atoms with Gasteiger partial charge in [-0.2, -0.15) is 0 Å². The van der Waals surface area contributed by atoms with Crippen LogP contribution >= 0.6 is 0 Å². The zero-order chi connectivity index (χ0) is 8.77. The molecule has 3 atom stereocenters. The summed E-state index contributed by atoms with van der Waals surface area (Å²) in [5, 5.41) is 0. The van der Waals surface area contributed by atoms with Gasteiger partial charge in [0.2, 0.25) is 0 Å². The van der Waals surface area contributed by atoms with Crippen molar-refractivity contribution < 1.29 is 0 Å². The van der Waals surface area contributed by atoms with Gasteiger partial charge >= 0.3 is 0 Å². The summed E-state index contributed by atoms with van der Waals surface area (Å²) in [6.07, 6.45) is 7.94. The standard InChI is InChI=1S/C12H20/c1-4-11(5-2)12(3)7-9-6-10(9)8-12/h4,9-11H,1,5-8H2,2-3H3. The van der Waals surface area contributed by atoms with E-state index in [2.05, 4.69) is 26.5 Å². The van der Waals surface area contributed by atoms with Gasteiger partial charge in [0.05, 0.1) is 0 Å². The molecule has 0 aromatic heterocycles. The first kappa shape index (κ1) is 8.34. The Balaban J connectivity index is 2.05. The molecule has 0 bridgehead atoms. The van der Waals surface area contributed by atoms with Gasteiger partial charge in [0, 0.05) is 0 Å². The summed E-state index contributed by atoms with van der Waals surface area (Å²) in [6.45, 7) is 8.72. The van der Waals surface area contributed by atoms with Crippen molar-refractivity contribution in [3.05, 3.63) is 12.7 Å². The van der Waals surface area contributed by atoms with Gasteiger partial charge in [-0.15, -0.1) is 6.58 Å². The lowest BCUT2D eigenvalue weighted by atomic mass is 9.72. The van der Waals surface area contributed by atoms with Crippen molar-refractivity contribution in [3.8, 4) is 0 Å². The smallest absolute Gasteiger partial charge is 0.0185 e. The molecule has 0 aromatic rings. The molecule has 0 aromatic carbocycles. The van der Waals surface area contributed by atoms with Gasteiger partial charge in [0.25, 0.3) is 0 Å². The number of rotatable bonds is 3. The summed E-state index contributed by atoms with van der Waals surface area (Å²) in [7, 11) is 0. The van der Waals surface area contributed by atoms with Crippen molar-refractivity contribution in [3.63, 3.8) is 0 Å². The summed E-state index contributed by atoms with van der Waals surface area (Å²) in [6, 6.07) is 0. The van der Waals surface area contributed by atoms with E-state index in [1.807, 2.05) is 0 Å². The fourth-order valence-corrected chi connectivity index (χ4v) is 3.34. The van der Waals surface area contributed by atoms with E-state index < -0.39 is 0 Å². The van der Waals surface area contributed by atoms with Gasteiger partial charge in [-0.25, -0.2) is 0 Å². The average Bonchev–Trinajstić information content (AvgIpc) is 2.62. The van der Waals surface area contributed by atoms with E-state index >= 15 is 0 Å². The molecule has 2 saturated carbocycles. The van der Waals surface area contributed by atoms with Crippen molar-refractivity contribution in [2.24, 2.45) is 23.2 Å². The molecule has 2 fully saturated rings. The normalized spacial score (nSPS) is 46.8. The molecule has 0 amide bonds. The molecule has 0 nitrogen and oxygen atoms in total. The molecule has 0 spiro atoms. The Bertz CT molecular complexity index is 182. The number of hydrogen-bond acceptors (Lipinski definition) is 0. The second-order valence-electron chi connectivity index (χ2n) is 5.07. The molecule has 0 saturated heterocycles. The van der Waals surface area contributed by atoms with Crippen LogP contribution in [-0.2, 0) is 0 Å². The Morgan fingerprint density at radius 1 is 1.50 bits per heavy atom. The molecule has 2 rings (SSSR count). The first-order chi connectivity index (χ1) is 5.69. The Morgan fingerprint density at radius 3 is 2.50 bits per heavy atom. The third-order valence-electron chi connectivity index (χ3n) is 4.15. The largest absolute Gasteiger partial charge is 0.103 e. The predicted molar refractivity (Wildman–Crippen MR) is 52.9 cm³/mol. The lowest BCUT2D eigenvalue weighted by Crippen LogP contribution is -2.23. The van der Waals surface area contributed by atoms with Gasteiger partial charge < -0.3 is 0 Å². The topological polar surface area (TPSA) is 0 Å². The second-order valence-corrected chi connectivity index (χ2v) is 5.07. The first-order valence-corrected chi connectivity index (χ1v) is 5.32. The molecular formula is C12H20. The van der Waals surface area contributed by atoms with E-state index in [1.54, 1.807) is 0 Å². The maximum atomic E-state index is 3.96. The van der Waals surface area contributed by atoms with Gasteiger partial charge in [0.1, 0.15) is 0 Å². The van der Waals surface area contributed by atoms with Crippen molar-refractivity contribution in [2.45, 2.75) is 39.5 Å². The molecular weight excluding hydrogens is 144 g/mol.